The van der Waals surface area contributed by atoms with Crippen molar-refractivity contribution in [1.29, 1.82) is 0 Å². The summed E-state index contributed by atoms with van der Waals surface area (Å²) in [5.74, 6) is -0.199. The Balaban J connectivity index is 1.77. The number of fused-ring (bicyclic) bond motifs is 1. The summed E-state index contributed by atoms with van der Waals surface area (Å²) in [4.78, 5) is 20.5. The van der Waals surface area contributed by atoms with Crippen molar-refractivity contribution in [3.63, 3.8) is 0 Å². The number of pyridine rings is 2. The summed E-state index contributed by atoms with van der Waals surface area (Å²) in [6.45, 7) is 0.422. The van der Waals surface area contributed by atoms with Gasteiger partial charge in [0.2, 0.25) is 0 Å². The first-order chi connectivity index (χ1) is 10.2. The van der Waals surface area contributed by atoms with Gasteiger partial charge in [-0.25, -0.2) is 4.98 Å². The highest BCUT2D eigenvalue weighted by Gasteiger charge is 2.08. The van der Waals surface area contributed by atoms with Crippen molar-refractivity contribution in [1.82, 2.24) is 15.3 Å². The molecule has 0 saturated heterocycles. The van der Waals surface area contributed by atoms with E-state index in [1.807, 2.05) is 30.3 Å². The zero-order valence-electron chi connectivity index (χ0n) is 11.1. The topological polar surface area (TPSA) is 54.9 Å². The molecule has 0 unspecified atom stereocenters. The fraction of sp³-hybridized carbons (Fsp3) is 0.0625. The van der Waals surface area contributed by atoms with Crippen molar-refractivity contribution in [3.8, 4) is 0 Å². The van der Waals surface area contributed by atoms with Crippen molar-refractivity contribution >= 4 is 32.7 Å². The molecular formula is C16H12BrN3O. The highest BCUT2D eigenvalue weighted by atomic mass is 79.9. The minimum atomic E-state index is -0.199. The van der Waals surface area contributed by atoms with E-state index >= 15 is 0 Å². The van der Waals surface area contributed by atoms with Crippen LogP contribution in [0.25, 0.3) is 10.9 Å². The Labute approximate surface area is 130 Å². The van der Waals surface area contributed by atoms with E-state index in [9.17, 15) is 4.79 Å². The SMILES string of the molecule is O=C(NCc1cccc2cccnc12)c1ccc(Br)cn1. The molecule has 1 aromatic carbocycles. The van der Waals surface area contributed by atoms with Crippen LogP contribution in [0, 0.1) is 0 Å². The summed E-state index contributed by atoms with van der Waals surface area (Å²) < 4.78 is 0.845. The fourth-order valence-electron chi connectivity index (χ4n) is 2.09. The number of benzene rings is 1. The first kappa shape index (κ1) is 13.7. The van der Waals surface area contributed by atoms with E-state index in [0.29, 0.717) is 12.2 Å². The van der Waals surface area contributed by atoms with Gasteiger partial charge in [-0.1, -0.05) is 24.3 Å². The van der Waals surface area contributed by atoms with E-state index in [4.69, 9.17) is 0 Å². The number of rotatable bonds is 3. The van der Waals surface area contributed by atoms with Crippen LogP contribution < -0.4 is 5.32 Å². The van der Waals surface area contributed by atoms with E-state index in [1.54, 1.807) is 24.5 Å². The maximum absolute atomic E-state index is 12.1. The predicted octanol–water partition coefficient (Wildman–Crippen LogP) is 3.32. The second-order valence-corrected chi connectivity index (χ2v) is 5.45. The lowest BCUT2D eigenvalue weighted by Crippen LogP contribution is -2.23. The van der Waals surface area contributed by atoms with Crippen LogP contribution in [0.4, 0.5) is 0 Å². The summed E-state index contributed by atoms with van der Waals surface area (Å²) in [6.07, 6.45) is 3.36. The largest absolute Gasteiger partial charge is 0.347 e. The van der Waals surface area contributed by atoms with E-state index in [2.05, 4.69) is 31.2 Å². The predicted molar refractivity (Wildman–Crippen MR) is 84.9 cm³/mol. The number of hydrogen-bond donors (Lipinski definition) is 1. The van der Waals surface area contributed by atoms with Gasteiger partial charge in [-0.3, -0.25) is 9.78 Å². The lowest BCUT2D eigenvalue weighted by molar-refractivity contribution is 0.0946. The van der Waals surface area contributed by atoms with Crippen molar-refractivity contribution in [2.24, 2.45) is 0 Å². The number of hydrogen-bond acceptors (Lipinski definition) is 3. The summed E-state index contributed by atoms with van der Waals surface area (Å²) in [5.41, 5.74) is 2.29. The molecule has 0 aliphatic carbocycles. The third-order valence-electron chi connectivity index (χ3n) is 3.12. The van der Waals surface area contributed by atoms with Crippen molar-refractivity contribution in [3.05, 3.63) is 70.6 Å². The number of carbonyl (C=O) groups excluding carboxylic acids is 1. The highest BCUT2D eigenvalue weighted by molar-refractivity contribution is 9.10. The monoisotopic (exact) mass is 341 g/mol. The van der Waals surface area contributed by atoms with E-state index in [1.165, 1.54) is 0 Å². The van der Waals surface area contributed by atoms with Gasteiger partial charge in [0.15, 0.2) is 0 Å². The van der Waals surface area contributed by atoms with Gasteiger partial charge in [0.25, 0.3) is 5.91 Å². The van der Waals surface area contributed by atoms with Gasteiger partial charge in [-0.05, 0) is 39.7 Å². The molecule has 2 aromatic heterocycles. The van der Waals surface area contributed by atoms with Crippen LogP contribution in [0.15, 0.2) is 59.3 Å². The molecule has 1 N–H and O–H groups in total. The normalized spacial score (nSPS) is 10.5. The Morgan fingerprint density at radius 1 is 1.10 bits per heavy atom. The maximum atomic E-state index is 12.1. The van der Waals surface area contributed by atoms with Crippen LogP contribution in [0.1, 0.15) is 16.1 Å². The van der Waals surface area contributed by atoms with Crippen molar-refractivity contribution in [2.45, 2.75) is 6.54 Å². The van der Waals surface area contributed by atoms with Crippen LogP contribution in [0.3, 0.4) is 0 Å². The molecule has 4 nitrogen and oxygen atoms in total. The van der Waals surface area contributed by atoms with Gasteiger partial charge in [0.05, 0.1) is 5.52 Å². The van der Waals surface area contributed by atoms with E-state index in [0.717, 1.165) is 20.9 Å². The average molecular weight is 342 g/mol. The molecule has 0 spiro atoms. The number of aromatic nitrogens is 2. The molecule has 1 amide bonds. The quantitative estimate of drug-likeness (QED) is 0.794. The molecule has 0 radical (unpaired) electrons. The molecular weight excluding hydrogens is 330 g/mol. The summed E-state index contributed by atoms with van der Waals surface area (Å²) in [5, 5.41) is 3.93. The van der Waals surface area contributed by atoms with Gasteiger partial charge in [0, 0.05) is 28.8 Å². The van der Waals surface area contributed by atoms with E-state index < -0.39 is 0 Å². The number of nitrogens with one attached hydrogen (secondary N) is 1. The van der Waals surface area contributed by atoms with Gasteiger partial charge >= 0.3 is 0 Å². The summed E-state index contributed by atoms with van der Waals surface area (Å²) in [6, 6.07) is 13.3. The van der Waals surface area contributed by atoms with Crippen LogP contribution in [0.5, 0.6) is 0 Å². The number of halogens is 1. The zero-order valence-corrected chi connectivity index (χ0v) is 12.7. The van der Waals surface area contributed by atoms with Gasteiger partial charge in [-0.2, -0.15) is 0 Å². The van der Waals surface area contributed by atoms with Gasteiger partial charge < -0.3 is 5.32 Å². The standard InChI is InChI=1S/C16H12BrN3O/c17-13-6-7-14(19-10-13)16(21)20-9-12-4-1-3-11-5-2-8-18-15(11)12/h1-8,10H,9H2,(H,20,21). The molecule has 0 aliphatic heterocycles. The van der Waals surface area contributed by atoms with Gasteiger partial charge in [-0.15, -0.1) is 0 Å². The van der Waals surface area contributed by atoms with Crippen LogP contribution in [-0.4, -0.2) is 15.9 Å². The van der Waals surface area contributed by atoms with Crippen LogP contribution in [-0.2, 0) is 6.54 Å². The summed E-state index contributed by atoms with van der Waals surface area (Å²) in [7, 11) is 0. The average Bonchev–Trinajstić information content (AvgIpc) is 2.53. The third-order valence-corrected chi connectivity index (χ3v) is 3.58. The van der Waals surface area contributed by atoms with Crippen LogP contribution in [0.2, 0.25) is 0 Å². The van der Waals surface area contributed by atoms with E-state index in [-0.39, 0.29) is 5.91 Å². The lowest BCUT2D eigenvalue weighted by Gasteiger charge is -2.07. The zero-order chi connectivity index (χ0) is 14.7. The number of carbonyl (C=O) groups is 1. The first-order valence-electron chi connectivity index (χ1n) is 6.46. The number of nitrogens with zero attached hydrogens (tertiary/aromatic N) is 2. The molecule has 5 heteroatoms. The second-order valence-electron chi connectivity index (χ2n) is 4.54. The molecule has 21 heavy (non-hydrogen) atoms. The molecule has 0 aliphatic rings. The molecule has 104 valence electrons. The number of amides is 1. The molecule has 2 heterocycles. The molecule has 0 fully saturated rings. The Bertz CT molecular complexity index is 782. The minimum Gasteiger partial charge on any atom is -0.347 e. The smallest absolute Gasteiger partial charge is 0.270 e. The molecule has 3 rings (SSSR count). The Morgan fingerprint density at radius 2 is 1.95 bits per heavy atom. The van der Waals surface area contributed by atoms with Gasteiger partial charge in [0.1, 0.15) is 5.69 Å². The summed E-state index contributed by atoms with van der Waals surface area (Å²) >= 11 is 3.29. The Hall–Kier alpha value is -2.27. The van der Waals surface area contributed by atoms with Crippen LogP contribution >= 0.6 is 15.9 Å². The Kier molecular flexibility index (Phi) is 3.92. The lowest BCUT2D eigenvalue weighted by atomic mass is 10.1. The Morgan fingerprint density at radius 3 is 2.76 bits per heavy atom. The van der Waals surface area contributed by atoms with Crippen molar-refractivity contribution < 1.29 is 4.79 Å². The first-order valence-corrected chi connectivity index (χ1v) is 7.26. The fourth-order valence-corrected chi connectivity index (χ4v) is 2.32. The number of para-hydroxylation sites is 1. The molecule has 0 atom stereocenters. The van der Waals surface area contributed by atoms with Crippen molar-refractivity contribution in [2.75, 3.05) is 0 Å². The second kappa shape index (κ2) is 6.01. The third kappa shape index (κ3) is 3.08. The highest BCUT2D eigenvalue weighted by Crippen LogP contribution is 2.15. The minimum absolute atomic E-state index is 0.199. The molecule has 3 aromatic rings. The molecule has 0 bridgehead atoms. The molecule has 0 saturated carbocycles. The maximum Gasteiger partial charge on any atom is 0.270 e.